The molecule has 124 valence electrons. The first-order valence-electron chi connectivity index (χ1n) is 8.26. The molecule has 3 heterocycles. The van der Waals surface area contributed by atoms with Crippen LogP contribution in [0.25, 0.3) is 10.9 Å². The van der Waals surface area contributed by atoms with E-state index in [-0.39, 0.29) is 0 Å². The maximum absolute atomic E-state index is 6.01. The molecule has 0 amide bonds. The van der Waals surface area contributed by atoms with Gasteiger partial charge < -0.3 is 14.6 Å². The molecule has 1 aromatic carbocycles. The molecular formula is C19H20ClN3O. The average Bonchev–Trinajstić information content (AvgIpc) is 3.05. The second-order valence-corrected chi connectivity index (χ2v) is 6.64. The van der Waals surface area contributed by atoms with Gasteiger partial charge in [-0.15, -0.1) is 0 Å². The van der Waals surface area contributed by atoms with E-state index in [1.165, 1.54) is 16.5 Å². The molecule has 2 aromatic heterocycles. The molecule has 0 spiro atoms. The molecule has 0 unspecified atom stereocenters. The van der Waals surface area contributed by atoms with Crippen molar-refractivity contribution in [1.82, 2.24) is 9.97 Å². The van der Waals surface area contributed by atoms with Gasteiger partial charge in [-0.25, -0.2) is 4.98 Å². The number of rotatable bonds is 3. The monoisotopic (exact) mass is 341 g/mol. The van der Waals surface area contributed by atoms with Gasteiger partial charge in [0.25, 0.3) is 0 Å². The van der Waals surface area contributed by atoms with Crippen LogP contribution in [0.4, 0.5) is 5.69 Å². The highest BCUT2D eigenvalue weighted by Gasteiger charge is 2.23. The van der Waals surface area contributed by atoms with Crippen LogP contribution in [0.2, 0.25) is 5.15 Å². The lowest BCUT2D eigenvalue weighted by Crippen LogP contribution is -2.32. The molecule has 0 radical (unpaired) electrons. The summed E-state index contributed by atoms with van der Waals surface area (Å²) in [6, 6.07) is 10.2. The molecule has 4 nitrogen and oxygen atoms in total. The number of hydrogen-bond acceptors (Lipinski definition) is 3. The minimum Gasteiger partial charge on any atom is -0.497 e. The van der Waals surface area contributed by atoms with Gasteiger partial charge in [0.05, 0.1) is 7.11 Å². The highest BCUT2D eigenvalue weighted by atomic mass is 35.5. The number of aromatic nitrogens is 2. The first kappa shape index (κ1) is 15.3. The van der Waals surface area contributed by atoms with Crippen LogP contribution in [-0.2, 0) is 0 Å². The molecule has 1 aliphatic rings. The molecule has 1 N–H and O–H groups in total. The molecule has 5 heteroatoms. The molecule has 1 aliphatic heterocycles. The van der Waals surface area contributed by atoms with Crippen molar-refractivity contribution in [2.45, 2.75) is 18.8 Å². The van der Waals surface area contributed by atoms with Crippen LogP contribution in [0.15, 0.2) is 42.7 Å². The smallest absolute Gasteiger partial charge is 0.131 e. The number of fused-ring (bicyclic) bond motifs is 1. The molecule has 1 saturated heterocycles. The van der Waals surface area contributed by atoms with Gasteiger partial charge in [-0.3, -0.25) is 0 Å². The highest BCUT2D eigenvalue weighted by molar-refractivity contribution is 6.29. The van der Waals surface area contributed by atoms with Crippen LogP contribution < -0.4 is 9.64 Å². The Morgan fingerprint density at radius 1 is 1.21 bits per heavy atom. The van der Waals surface area contributed by atoms with Crippen molar-refractivity contribution >= 4 is 28.2 Å². The van der Waals surface area contributed by atoms with E-state index in [4.69, 9.17) is 16.3 Å². The number of nitrogens with zero attached hydrogens (tertiary/aromatic N) is 2. The number of H-pyrrole nitrogens is 1. The Labute approximate surface area is 146 Å². The second-order valence-electron chi connectivity index (χ2n) is 6.25. The van der Waals surface area contributed by atoms with Crippen molar-refractivity contribution in [2.75, 3.05) is 25.1 Å². The van der Waals surface area contributed by atoms with Crippen LogP contribution in [0.5, 0.6) is 5.75 Å². The molecular weight excluding hydrogens is 322 g/mol. The molecule has 24 heavy (non-hydrogen) atoms. The number of methoxy groups -OCH3 is 1. The Morgan fingerprint density at radius 3 is 2.79 bits per heavy atom. The first-order chi connectivity index (χ1) is 11.7. The minimum atomic E-state index is 0.554. The number of anilines is 1. The highest BCUT2D eigenvalue weighted by Crippen LogP contribution is 2.35. The second kappa shape index (κ2) is 6.36. The van der Waals surface area contributed by atoms with Gasteiger partial charge in [-0.1, -0.05) is 11.6 Å². The number of piperidine rings is 1. The lowest BCUT2D eigenvalue weighted by Gasteiger charge is -2.33. The Kier molecular flexibility index (Phi) is 4.07. The summed E-state index contributed by atoms with van der Waals surface area (Å²) >= 11 is 6.01. The largest absolute Gasteiger partial charge is 0.497 e. The predicted molar refractivity (Wildman–Crippen MR) is 98.3 cm³/mol. The van der Waals surface area contributed by atoms with Crippen molar-refractivity contribution in [3.8, 4) is 5.75 Å². The summed E-state index contributed by atoms with van der Waals surface area (Å²) in [5.74, 6) is 1.48. The first-order valence-corrected chi connectivity index (χ1v) is 8.64. The lowest BCUT2D eigenvalue weighted by atomic mass is 9.89. The van der Waals surface area contributed by atoms with Crippen LogP contribution in [0.3, 0.4) is 0 Å². The quantitative estimate of drug-likeness (QED) is 0.707. The van der Waals surface area contributed by atoms with Crippen LogP contribution in [0, 0.1) is 0 Å². The van der Waals surface area contributed by atoms with E-state index in [1.807, 2.05) is 18.2 Å². The average molecular weight is 342 g/mol. The van der Waals surface area contributed by atoms with Crippen molar-refractivity contribution in [1.29, 1.82) is 0 Å². The van der Waals surface area contributed by atoms with Gasteiger partial charge in [0, 0.05) is 42.1 Å². The predicted octanol–water partition coefficient (Wildman–Crippen LogP) is 4.61. The van der Waals surface area contributed by atoms with Gasteiger partial charge >= 0.3 is 0 Å². The van der Waals surface area contributed by atoms with Gasteiger partial charge in [0.2, 0.25) is 0 Å². The molecule has 0 bridgehead atoms. The molecule has 4 rings (SSSR count). The van der Waals surface area contributed by atoms with Crippen molar-refractivity contribution in [3.05, 3.63) is 53.4 Å². The van der Waals surface area contributed by atoms with E-state index >= 15 is 0 Å². The summed E-state index contributed by atoms with van der Waals surface area (Å²) in [7, 11) is 1.71. The number of hydrogen-bond donors (Lipinski definition) is 1. The van der Waals surface area contributed by atoms with Crippen molar-refractivity contribution in [2.24, 2.45) is 0 Å². The topological polar surface area (TPSA) is 41.1 Å². The van der Waals surface area contributed by atoms with Gasteiger partial charge in [0.1, 0.15) is 10.9 Å². The summed E-state index contributed by atoms with van der Waals surface area (Å²) in [6.07, 6.45) is 6.19. The minimum absolute atomic E-state index is 0.554. The van der Waals surface area contributed by atoms with E-state index in [9.17, 15) is 0 Å². The molecule has 0 aliphatic carbocycles. The number of ether oxygens (including phenoxy) is 1. The van der Waals surface area contributed by atoms with Gasteiger partial charge in [-0.2, -0.15) is 0 Å². The number of aromatic amines is 1. The molecule has 3 aromatic rings. The Hall–Kier alpha value is -2.20. The fourth-order valence-electron chi connectivity index (χ4n) is 3.62. The third kappa shape index (κ3) is 2.82. The number of pyridine rings is 1. The van der Waals surface area contributed by atoms with E-state index in [0.717, 1.165) is 37.4 Å². The number of nitrogens with one attached hydrogen (secondary N) is 1. The fourth-order valence-corrected chi connectivity index (χ4v) is 3.79. The SMILES string of the molecule is COc1ccc2[nH]cc(C3CCN(c4ccnc(Cl)c4)CC3)c2c1. The lowest BCUT2D eigenvalue weighted by molar-refractivity contribution is 0.415. The normalized spacial score (nSPS) is 15.8. The number of benzene rings is 1. The Balaban J connectivity index is 1.53. The zero-order valence-electron chi connectivity index (χ0n) is 13.6. The van der Waals surface area contributed by atoms with Gasteiger partial charge in [-0.05, 0) is 54.7 Å². The summed E-state index contributed by atoms with van der Waals surface area (Å²) in [5, 5.41) is 1.83. The maximum Gasteiger partial charge on any atom is 0.131 e. The Bertz CT molecular complexity index is 853. The molecule has 0 saturated carbocycles. The maximum atomic E-state index is 6.01. The Morgan fingerprint density at radius 2 is 2.04 bits per heavy atom. The zero-order valence-corrected chi connectivity index (χ0v) is 14.4. The zero-order chi connectivity index (χ0) is 16.5. The van der Waals surface area contributed by atoms with Crippen molar-refractivity contribution in [3.63, 3.8) is 0 Å². The molecule has 0 atom stereocenters. The van der Waals surface area contributed by atoms with Gasteiger partial charge in [0.15, 0.2) is 0 Å². The van der Waals surface area contributed by atoms with Crippen LogP contribution in [0.1, 0.15) is 24.3 Å². The van der Waals surface area contributed by atoms with E-state index < -0.39 is 0 Å². The standard InChI is InChI=1S/C19H20ClN3O/c1-24-15-2-3-18-16(11-15)17(12-22-18)13-5-8-23(9-6-13)14-4-7-21-19(20)10-14/h2-4,7,10-13,22H,5-6,8-9H2,1H3. The van der Waals surface area contributed by atoms with Crippen molar-refractivity contribution < 1.29 is 4.74 Å². The van der Waals surface area contributed by atoms with Crippen LogP contribution >= 0.6 is 11.6 Å². The summed E-state index contributed by atoms with van der Waals surface area (Å²) in [5.41, 5.74) is 3.74. The summed E-state index contributed by atoms with van der Waals surface area (Å²) < 4.78 is 5.38. The third-order valence-electron chi connectivity index (χ3n) is 4.93. The van der Waals surface area contributed by atoms with E-state index in [0.29, 0.717) is 11.1 Å². The van der Waals surface area contributed by atoms with E-state index in [2.05, 4.69) is 33.2 Å². The molecule has 1 fully saturated rings. The van der Waals surface area contributed by atoms with Crippen LogP contribution in [-0.4, -0.2) is 30.2 Å². The van der Waals surface area contributed by atoms with E-state index in [1.54, 1.807) is 13.3 Å². The fraction of sp³-hybridized carbons (Fsp3) is 0.316. The third-order valence-corrected chi connectivity index (χ3v) is 5.14. The summed E-state index contributed by atoms with van der Waals surface area (Å²) in [4.78, 5) is 9.84. The summed E-state index contributed by atoms with van der Waals surface area (Å²) in [6.45, 7) is 2.06. The number of halogens is 1.